The fraction of sp³-hybridized carbons (Fsp3) is 0.385. The topological polar surface area (TPSA) is 68.2 Å². The molecule has 5 nitrogen and oxygen atoms in total. The number of piperazine rings is 1. The van der Waals surface area contributed by atoms with Crippen LogP contribution in [0, 0.1) is 11.3 Å². The Hall–Kier alpha value is -2.06. The number of amides is 1. The van der Waals surface area contributed by atoms with Crippen molar-refractivity contribution in [3.8, 4) is 6.07 Å². The Morgan fingerprint density at radius 2 is 2.22 bits per heavy atom. The van der Waals surface area contributed by atoms with Crippen LogP contribution in [0.5, 0.6) is 0 Å². The molecule has 0 atom stereocenters. The largest absolute Gasteiger partial charge is 0.369 e. The van der Waals surface area contributed by atoms with Crippen LogP contribution in [-0.4, -0.2) is 32.1 Å². The van der Waals surface area contributed by atoms with Gasteiger partial charge < -0.3 is 15.5 Å². The normalized spacial score (nSPS) is 14.9. The minimum absolute atomic E-state index is 0.113. The molecule has 0 spiro atoms. The number of nitrogens with one attached hydrogen (secondary N) is 2. The summed E-state index contributed by atoms with van der Waals surface area (Å²) in [7, 11) is 0. The third kappa shape index (κ3) is 3.22. The highest BCUT2D eigenvalue weighted by Gasteiger charge is 2.11. The second-order valence-corrected chi connectivity index (χ2v) is 4.17. The zero-order valence-electron chi connectivity index (χ0n) is 10.1. The first kappa shape index (κ1) is 12.4. The van der Waals surface area contributed by atoms with E-state index in [-0.39, 0.29) is 12.3 Å². The van der Waals surface area contributed by atoms with Gasteiger partial charge in [-0.2, -0.15) is 5.26 Å². The van der Waals surface area contributed by atoms with E-state index in [1.54, 1.807) is 0 Å². The molecule has 0 unspecified atom stereocenters. The lowest BCUT2D eigenvalue weighted by molar-refractivity contribution is -0.115. The van der Waals surface area contributed by atoms with Crippen LogP contribution in [-0.2, 0) is 4.79 Å². The van der Waals surface area contributed by atoms with Gasteiger partial charge >= 0.3 is 0 Å². The molecule has 0 saturated carbocycles. The first-order valence-electron chi connectivity index (χ1n) is 6.02. The quantitative estimate of drug-likeness (QED) is 0.830. The van der Waals surface area contributed by atoms with Crippen molar-refractivity contribution < 1.29 is 4.79 Å². The van der Waals surface area contributed by atoms with Crippen LogP contribution in [0.3, 0.4) is 0 Å². The van der Waals surface area contributed by atoms with Crippen molar-refractivity contribution in [1.29, 1.82) is 5.26 Å². The maximum Gasteiger partial charge on any atom is 0.238 e. The van der Waals surface area contributed by atoms with Crippen molar-refractivity contribution in [2.45, 2.75) is 6.42 Å². The van der Waals surface area contributed by atoms with Gasteiger partial charge in [0.05, 0.1) is 6.07 Å². The van der Waals surface area contributed by atoms with Crippen LogP contribution in [0.1, 0.15) is 6.42 Å². The third-order valence-electron chi connectivity index (χ3n) is 2.85. The van der Waals surface area contributed by atoms with Crippen LogP contribution in [0.15, 0.2) is 24.3 Å². The predicted molar refractivity (Wildman–Crippen MR) is 70.4 cm³/mol. The molecule has 2 rings (SSSR count). The summed E-state index contributed by atoms with van der Waals surface area (Å²) >= 11 is 0. The zero-order chi connectivity index (χ0) is 12.8. The fourth-order valence-electron chi connectivity index (χ4n) is 1.98. The summed E-state index contributed by atoms with van der Waals surface area (Å²) in [5.41, 5.74) is 1.84. The van der Waals surface area contributed by atoms with E-state index >= 15 is 0 Å². The summed E-state index contributed by atoms with van der Waals surface area (Å²) in [5, 5.41) is 14.5. The molecule has 0 aromatic heterocycles. The predicted octanol–water partition coefficient (Wildman–Crippen LogP) is 0.948. The maximum absolute atomic E-state index is 11.3. The fourth-order valence-corrected chi connectivity index (χ4v) is 1.98. The van der Waals surface area contributed by atoms with Gasteiger partial charge in [0.2, 0.25) is 5.91 Å². The Morgan fingerprint density at radius 1 is 1.44 bits per heavy atom. The van der Waals surface area contributed by atoms with Gasteiger partial charge in [-0.1, -0.05) is 6.07 Å². The molecule has 1 amide bonds. The van der Waals surface area contributed by atoms with Crippen LogP contribution >= 0.6 is 0 Å². The van der Waals surface area contributed by atoms with Crippen molar-refractivity contribution in [2.75, 3.05) is 36.4 Å². The number of hydrogen-bond acceptors (Lipinski definition) is 4. The van der Waals surface area contributed by atoms with E-state index in [9.17, 15) is 4.79 Å². The number of anilines is 2. The molecule has 1 heterocycles. The lowest BCUT2D eigenvalue weighted by Crippen LogP contribution is -2.43. The van der Waals surface area contributed by atoms with E-state index in [4.69, 9.17) is 5.26 Å². The number of benzene rings is 1. The molecule has 1 aliphatic rings. The monoisotopic (exact) mass is 244 g/mol. The van der Waals surface area contributed by atoms with Crippen molar-refractivity contribution >= 4 is 17.3 Å². The van der Waals surface area contributed by atoms with Crippen LogP contribution in [0.25, 0.3) is 0 Å². The SMILES string of the molecule is N#CCC(=O)Nc1cccc(N2CCNCC2)c1. The van der Waals surface area contributed by atoms with E-state index in [0.29, 0.717) is 0 Å². The lowest BCUT2D eigenvalue weighted by Gasteiger charge is -2.29. The Bertz CT molecular complexity index is 460. The van der Waals surface area contributed by atoms with Crippen LogP contribution < -0.4 is 15.5 Å². The second kappa shape index (κ2) is 6.03. The minimum atomic E-state index is -0.269. The molecule has 0 radical (unpaired) electrons. The summed E-state index contributed by atoms with van der Waals surface area (Å²) in [4.78, 5) is 13.6. The average Bonchev–Trinajstić information content (AvgIpc) is 2.40. The highest BCUT2D eigenvalue weighted by Crippen LogP contribution is 2.19. The van der Waals surface area contributed by atoms with Gasteiger partial charge in [0.25, 0.3) is 0 Å². The van der Waals surface area contributed by atoms with Gasteiger partial charge in [0.1, 0.15) is 6.42 Å². The van der Waals surface area contributed by atoms with Gasteiger partial charge in [-0.3, -0.25) is 4.79 Å². The van der Waals surface area contributed by atoms with Crippen molar-refractivity contribution in [3.63, 3.8) is 0 Å². The molecule has 1 aromatic carbocycles. The first-order valence-corrected chi connectivity index (χ1v) is 6.02. The molecule has 18 heavy (non-hydrogen) atoms. The second-order valence-electron chi connectivity index (χ2n) is 4.17. The van der Waals surface area contributed by atoms with Gasteiger partial charge in [0.15, 0.2) is 0 Å². The van der Waals surface area contributed by atoms with E-state index in [1.807, 2.05) is 30.3 Å². The number of hydrogen-bond donors (Lipinski definition) is 2. The standard InChI is InChI=1S/C13H16N4O/c14-5-4-13(18)16-11-2-1-3-12(10-11)17-8-6-15-7-9-17/h1-3,10,15H,4,6-9H2,(H,16,18). The number of nitrogens with zero attached hydrogens (tertiary/aromatic N) is 2. The molecule has 1 aliphatic heterocycles. The van der Waals surface area contributed by atoms with Gasteiger partial charge in [0, 0.05) is 37.6 Å². The highest BCUT2D eigenvalue weighted by atomic mass is 16.1. The smallest absolute Gasteiger partial charge is 0.238 e. The molecule has 94 valence electrons. The Morgan fingerprint density at radius 3 is 2.94 bits per heavy atom. The highest BCUT2D eigenvalue weighted by molar-refractivity contribution is 5.92. The Balaban J connectivity index is 2.05. The summed E-state index contributed by atoms with van der Waals surface area (Å²) in [6.07, 6.45) is -0.113. The third-order valence-corrected chi connectivity index (χ3v) is 2.85. The van der Waals surface area contributed by atoms with Gasteiger partial charge in [-0.25, -0.2) is 0 Å². The molecular formula is C13H16N4O. The van der Waals surface area contributed by atoms with Crippen molar-refractivity contribution in [2.24, 2.45) is 0 Å². The lowest BCUT2D eigenvalue weighted by atomic mass is 10.2. The molecule has 1 saturated heterocycles. The minimum Gasteiger partial charge on any atom is -0.369 e. The summed E-state index contributed by atoms with van der Waals surface area (Å²) in [6, 6.07) is 9.56. The molecule has 5 heteroatoms. The first-order chi connectivity index (χ1) is 8.79. The summed E-state index contributed by atoms with van der Waals surface area (Å²) in [5.74, 6) is -0.269. The van der Waals surface area contributed by atoms with Crippen LogP contribution in [0.2, 0.25) is 0 Å². The zero-order valence-corrected chi connectivity index (χ0v) is 10.1. The molecule has 1 aromatic rings. The number of carbonyl (C=O) groups is 1. The molecule has 1 fully saturated rings. The average molecular weight is 244 g/mol. The van der Waals surface area contributed by atoms with Crippen LogP contribution in [0.4, 0.5) is 11.4 Å². The van der Waals surface area contributed by atoms with E-state index in [2.05, 4.69) is 15.5 Å². The van der Waals surface area contributed by atoms with Gasteiger partial charge in [-0.15, -0.1) is 0 Å². The number of carbonyl (C=O) groups excluding carboxylic acids is 1. The summed E-state index contributed by atoms with van der Waals surface area (Å²) in [6.45, 7) is 3.89. The Kier molecular flexibility index (Phi) is 4.15. The van der Waals surface area contributed by atoms with Crippen molar-refractivity contribution in [1.82, 2.24) is 5.32 Å². The molecule has 0 bridgehead atoms. The molecule has 2 N–H and O–H groups in total. The Labute approximate surface area is 106 Å². The van der Waals surface area contributed by atoms with Crippen molar-refractivity contribution in [3.05, 3.63) is 24.3 Å². The van der Waals surface area contributed by atoms with Gasteiger partial charge in [-0.05, 0) is 18.2 Å². The number of rotatable bonds is 3. The molecular weight excluding hydrogens is 228 g/mol. The van der Waals surface area contributed by atoms with E-state index in [0.717, 1.165) is 37.6 Å². The number of nitriles is 1. The maximum atomic E-state index is 11.3. The van der Waals surface area contributed by atoms with E-state index in [1.165, 1.54) is 0 Å². The molecule has 0 aliphatic carbocycles. The summed E-state index contributed by atoms with van der Waals surface area (Å²) < 4.78 is 0. The van der Waals surface area contributed by atoms with E-state index < -0.39 is 0 Å².